The lowest BCUT2D eigenvalue weighted by molar-refractivity contribution is 0.172. The summed E-state index contributed by atoms with van der Waals surface area (Å²) in [6.45, 7) is 0. The van der Waals surface area contributed by atoms with Crippen LogP contribution < -0.4 is 4.74 Å². The van der Waals surface area contributed by atoms with Gasteiger partial charge in [-0.15, -0.1) is 0 Å². The minimum atomic E-state index is -0.408. The van der Waals surface area contributed by atoms with E-state index in [-0.39, 0.29) is 0 Å². The molecule has 0 unspecified atom stereocenters. The third-order valence-electron chi connectivity index (χ3n) is 1.81. The third-order valence-corrected chi connectivity index (χ3v) is 2.73. The molecule has 2 aromatic rings. The van der Waals surface area contributed by atoms with E-state index in [9.17, 15) is 4.79 Å². The Labute approximate surface area is 91.1 Å². The van der Waals surface area contributed by atoms with Crippen LogP contribution in [-0.2, 0) is 0 Å². The monoisotopic (exact) mass is 222 g/mol. The fourth-order valence-corrected chi connectivity index (χ4v) is 1.87. The number of carbonyl (C=O) groups excluding carboxylic acids is 1. The molecule has 5 heteroatoms. The zero-order chi connectivity index (χ0) is 10.8. The van der Waals surface area contributed by atoms with E-state index in [1.165, 1.54) is 16.2 Å². The molecule has 0 bridgehead atoms. The maximum absolute atomic E-state index is 11.3. The quantitative estimate of drug-likeness (QED) is 0.743. The van der Waals surface area contributed by atoms with Crippen molar-refractivity contribution >= 4 is 27.6 Å². The molecule has 0 spiro atoms. The van der Waals surface area contributed by atoms with Crippen LogP contribution >= 0.6 is 11.3 Å². The van der Waals surface area contributed by atoms with Crippen LogP contribution in [0.1, 0.15) is 0 Å². The Hall–Kier alpha value is -1.62. The first-order valence-electron chi connectivity index (χ1n) is 4.41. The molecule has 0 aliphatic rings. The SMILES string of the molecule is CN(C)C(=O)Oc1nc2ccccc2s1. The van der Waals surface area contributed by atoms with E-state index in [0.717, 1.165) is 10.2 Å². The van der Waals surface area contributed by atoms with Crippen molar-refractivity contribution in [3.8, 4) is 5.19 Å². The summed E-state index contributed by atoms with van der Waals surface area (Å²) in [6.07, 6.45) is -0.408. The van der Waals surface area contributed by atoms with E-state index in [1.807, 2.05) is 24.3 Å². The second-order valence-corrected chi connectivity index (χ2v) is 4.20. The van der Waals surface area contributed by atoms with Crippen LogP contribution in [0.5, 0.6) is 5.19 Å². The van der Waals surface area contributed by atoms with Gasteiger partial charge in [0.15, 0.2) is 0 Å². The summed E-state index contributed by atoms with van der Waals surface area (Å²) < 4.78 is 6.07. The fraction of sp³-hybridized carbons (Fsp3) is 0.200. The maximum Gasteiger partial charge on any atom is 0.416 e. The Balaban J connectivity index is 2.26. The van der Waals surface area contributed by atoms with Gasteiger partial charge in [-0.1, -0.05) is 23.5 Å². The minimum Gasteiger partial charge on any atom is -0.381 e. The van der Waals surface area contributed by atoms with Gasteiger partial charge in [0.2, 0.25) is 0 Å². The average molecular weight is 222 g/mol. The molecule has 0 saturated heterocycles. The highest BCUT2D eigenvalue weighted by atomic mass is 32.1. The first-order valence-corrected chi connectivity index (χ1v) is 5.23. The number of aromatic nitrogens is 1. The molecule has 0 N–H and O–H groups in total. The Morgan fingerprint density at radius 1 is 1.40 bits per heavy atom. The molecule has 1 amide bonds. The van der Waals surface area contributed by atoms with Gasteiger partial charge in [0.25, 0.3) is 5.19 Å². The third kappa shape index (κ3) is 2.07. The predicted octanol–water partition coefficient (Wildman–Crippen LogP) is 2.36. The number of para-hydroxylation sites is 1. The van der Waals surface area contributed by atoms with E-state index >= 15 is 0 Å². The molecule has 15 heavy (non-hydrogen) atoms. The van der Waals surface area contributed by atoms with Gasteiger partial charge in [-0.3, -0.25) is 0 Å². The summed E-state index contributed by atoms with van der Waals surface area (Å²) in [6, 6.07) is 7.66. The van der Waals surface area contributed by atoms with Crippen LogP contribution in [0.25, 0.3) is 10.2 Å². The lowest BCUT2D eigenvalue weighted by Crippen LogP contribution is -2.25. The van der Waals surface area contributed by atoms with E-state index in [1.54, 1.807) is 14.1 Å². The highest BCUT2D eigenvalue weighted by molar-refractivity contribution is 7.20. The topological polar surface area (TPSA) is 42.4 Å². The van der Waals surface area contributed by atoms with Crippen LogP contribution in [0.4, 0.5) is 4.79 Å². The zero-order valence-electron chi connectivity index (χ0n) is 8.43. The van der Waals surface area contributed by atoms with Crippen molar-refractivity contribution in [1.29, 1.82) is 0 Å². The molecule has 1 aromatic carbocycles. The van der Waals surface area contributed by atoms with Gasteiger partial charge in [-0.2, -0.15) is 0 Å². The van der Waals surface area contributed by atoms with Gasteiger partial charge in [0.1, 0.15) is 0 Å². The number of nitrogens with zero attached hydrogens (tertiary/aromatic N) is 2. The number of amides is 1. The molecule has 0 saturated carbocycles. The van der Waals surface area contributed by atoms with Crippen molar-refractivity contribution in [1.82, 2.24) is 9.88 Å². The number of carbonyl (C=O) groups is 1. The van der Waals surface area contributed by atoms with Crippen molar-refractivity contribution < 1.29 is 9.53 Å². The summed E-state index contributed by atoms with van der Waals surface area (Å²) in [4.78, 5) is 16.8. The zero-order valence-corrected chi connectivity index (χ0v) is 9.25. The largest absolute Gasteiger partial charge is 0.416 e. The van der Waals surface area contributed by atoms with Crippen LogP contribution in [0.3, 0.4) is 0 Å². The molecular formula is C10H10N2O2S. The summed E-state index contributed by atoms with van der Waals surface area (Å²) >= 11 is 1.36. The van der Waals surface area contributed by atoms with Crippen molar-refractivity contribution in [3.05, 3.63) is 24.3 Å². The van der Waals surface area contributed by atoms with Crippen molar-refractivity contribution in [2.24, 2.45) is 0 Å². The summed E-state index contributed by atoms with van der Waals surface area (Å²) in [5.74, 6) is 0. The minimum absolute atomic E-state index is 0.384. The molecule has 0 radical (unpaired) electrons. The normalized spacial score (nSPS) is 10.3. The van der Waals surface area contributed by atoms with Gasteiger partial charge in [-0.25, -0.2) is 9.78 Å². The number of hydrogen-bond acceptors (Lipinski definition) is 4. The van der Waals surface area contributed by atoms with Crippen LogP contribution in [0, 0.1) is 0 Å². The number of benzene rings is 1. The summed E-state index contributed by atoms with van der Waals surface area (Å²) in [5.41, 5.74) is 0.851. The maximum atomic E-state index is 11.3. The van der Waals surface area contributed by atoms with Gasteiger partial charge < -0.3 is 9.64 Å². The molecule has 1 aromatic heterocycles. The highest BCUT2D eigenvalue weighted by Crippen LogP contribution is 2.27. The number of thiazole rings is 1. The smallest absolute Gasteiger partial charge is 0.381 e. The Kier molecular flexibility index (Phi) is 2.55. The number of hydrogen-bond donors (Lipinski definition) is 0. The molecule has 1 heterocycles. The highest BCUT2D eigenvalue weighted by Gasteiger charge is 2.10. The van der Waals surface area contributed by atoms with E-state index in [0.29, 0.717) is 5.19 Å². The van der Waals surface area contributed by atoms with Crippen LogP contribution in [0.2, 0.25) is 0 Å². The molecule has 0 atom stereocenters. The summed E-state index contributed by atoms with van der Waals surface area (Å²) in [5, 5.41) is 0.384. The molecule has 4 nitrogen and oxygen atoms in total. The van der Waals surface area contributed by atoms with Crippen molar-refractivity contribution in [3.63, 3.8) is 0 Å². The fourth-order valence-electron chi connectivity index (χ4n) is 1.06. The van der Waals surface area contributed by atoms with Crippen molar-refractivity contribution in [2.75, 3.05) is 14.1 Å². The Morgan fingerprint density at radius 3 is 2.80 bits per heavy atom. The van der Waals surface area contributed by atoms with Gasteiger partial charge in [-0.05, 0) is 12.1 Å². The van der Waals surface area contributed by atoms with Crippen molar-refractivity contribution in [2.45, 2.75) is 0 Å². The molecule has 2 rings (SSSR count). The first-order chi connectivity index (χ1) is 7.16. The molecule has 0 aliphatic heterocycles. The lowest BCUT2D eigenvalue weighted by atomic mass is 10.3. The average Bonchev–Trinajstić information content (AvgIpc) is 2.59. The predicted molar refractivity (Wildman–Crippen MR) is 59.3 cm³/mol. The molecule has 0 aliphatic carbocycles. The van der Waals surface area contributed by atoms with E-state index < -0.39 is 6.09 Å². The number of ether oxygens (including phenoxy) is 1. The molecular weight excluding hydrogens is 212 g/mol. The Morgan fingerprint density at radius 2 is 2.13 bits per heavy atom. The first kappa shape index (κ1) is 9.92. The number of fused-ring (bicyclic) bond motifs is 1. The second-order valence-electron chi connectivity index (χ2n) is 3.21. The molecule has 0 fully saturated rings. The lowest BCUT2D eigenvalue weighted by Gasteiger charge is -2.07. The van der Waals surface area contributed by atoms with E-state index in [4.69, 9.17) is 4.74 Å². The van der Waals surface area contributed by atoms with E-state index in [2.05, 4.69) is 4.98 Å². The Bertz CT molecular complexity index is 460. The standard InChI is InChI=1S/C10H10N2O2S/c1-12(2)10(13)14-9-11-7-5-3-4-6-8(7)15-9/h3-6H,1-2H3. The summed E-state index contributed by atoms with van der Waals surface area (Å²) in [7, 11) is 3.27. The van der Waals surface area contributed by atoms with Gasteiger partial charge in [0.05, 0.1) is 10.2 Å². The van der Waals surface area contributed by atoms with Crippen LogP contribution in [0.15, 0.2) is 24.3 Å². The molecule has 78 valence electrons. The van der Waals surface area contributed by atoms with Gasteiger partial charge in [0, 0.05) is 14.1 Å². The van der Waals surface area contributed by atoms with Crippen LogP contribution in [-0.4, -0.2) is 30.1 Å². The number of rotatable bonds is 1. The van der Waals surface area contributed by atoms with Gasteiger partial charge >= 0.3 is 6.09 Å². The second kappa shape index (κ2) is 3.86.